The average Bonchev–Trinajstić information content (AvgIpc) is 3.05. The van der Waals surface area contributed by atoms with Gasteiger partial charge in [-0.1, -0.05) is 52.4 Å². The number of nitrogens with zero attached hydrogens (tertiary/aromatic N) is 3. The van der Waals surface area contributed by atoms with E-state index in [0.29, 0.717) is 4.48 Å². The zero-order valence-corrected chi connectivity index (χ0v) is 19.3. The van der Waals surface area contributed by atoms with Crippen LogP contribution in [0, 0.1) is 0 Å². The normalized spacial score (nSPS) is 14.8. The maximum atomic E-state index is 11.0. The van der Waals surface area contributed by atoms with E-state index in [2.05, 4.69) is 23.7 Å². The van der Waals surface area contributed by atoms with Crippen LogP contribution in [0.1, 0.15) is 78.1 Å². The molecule has 7 heteroatoms. The Labute approximate surface area is 177 Å². The maximum Gasteiger partial charge on any atom is 0.305 e. The molecule has 0 aromatic carbocycles. The van der Waals surface area contributed by atoms with Crippen LogP contribution in [0.5, 0.6) is 0 Å². The number of quaternary nitrogens is 1. The molecule has 0 spiro atoms. The predicted molar refractivity (Wildman–Crippen MR) is 116 cm³/mol. The Morgan fingerprint density at radius 1 is 1.10 bits per heavy atom. The van der Waals surface area contributed by atoms with Crippen LogP contribution in [0.15, 0.2) is 4.99 Å². The number of carbonyl (C=O) groups excluding carboxylic acids is 1. The number of hydrogen-bond acceptors (Lipinski definition) is 5. The monoisotopic (exact) mass is 413 g/mol. The fraction of sp³-hybridized carbons (Fsp3) is 0.864. The molecule has 0 saturated heterocycles. The van der Waals surface area contributed by atoms with Gasteiger partial charge in [-0.2, -0.15) is 0 Å². The van der Waals surface area contributed by atoms with E-state index in [1.165, 1.54) is 44.9 Å². The Kier molecular flexibility index (Phi) is 14.4. The zero-order chi connectivity index (χ0) is 22.3. The SMILES string of the molecule is CCCCCCCCCC1=NCCN1C(CC)CC(=O)O.C[N+](C)(C)CC(=O)[O-]. The number of carboxylic acids is 2. The first kappa shape index (κ1) is 27.4. The number of carbonyl (C=O) groups is 2. The molecule has 1 unspecified atom stereocenters. The van der Waals surface area contributed by atoms with Gasteiger partial charge in [0.2, 0.25) is 0 Å². The average molecular weight is 414 g/mol. The minimum atomic E-state index is -1.00. The molecule has 0 aromatic heterocycles. The molecule has 1 rings (SSSR count). The molecule has 29 heavy (non-hydrogen) atoms. The van der Waals surface area contributed by atoms with Gasteiger partial charge in [-0.25, -0.2) is 0 Å². The molecular weight excluding hydrogens is 370 g/mol. The standard InChI is InChI=1S/C17H32N2O2.C5H11NO2/c1-3-5-6-7-8-9-10-11-16-18-12-13-19(16)15(4-2)14-17(20)21;1-6(2,3)4-5(7)8/h15H,3-14H2,1-2H3,(H,20,21);4H2,1-3H3. The summed E-state index contributed by atoms with van der Waals surface area (Å²) in [6.07, 6.45) is 11.3. The minimum Gasteiger partial charge on any atom is -0.544 e. The molecule has 7 nitrogen and oxygen atoms in total. The topological polar surface area (TPSA) is 93.0 Å². The van der Waals surface area contributed by atoms with E-state index >= 15 is 0 Å². The van der Waals surface area contributed by atoms with Crippen molar-refractivity contribution in [2.45, 2.75) is 84.1 Å². The van der Waals surface area contributed by atoms with Crippen molar-refractivity contribution in [3.05, 3.63) is 0 Å². The van der Waals surface area contributed by atoms with Gasteiger partial charge in [0.05, 0.1) is 45.9 Å². The smallest absolute Gasteiger partial charge is 0.305 e. The van der Waals surface area contributed by atoms with E-state index < -0.39 is 11.9 Å². The Hall–Kier alpha value is -1.63. The summed E-state index contributed by atoms with van der Waals surface area (Å²) >= 11 is 0. The summed E-state index contributed by atoms with van der Waals surface area (Å²) in [5, 5.41) is 18.9. The van der Waals surface area contributed by atoms with Crippen LogP contribution >= 0.6 is 0 Å². The zero-order valence-electron chi connectivity index (χ0n) is 19.3. The lowest BCUT2D eigenvalue weighted by Gasteiger charge is -2.29. The van der Waals surface area contributed by atoms with Crippen molar-refractivity contribution < 1.29 is 24.3 Å². The van der Waals surface area contributed by atoms with E-state index in [1.807, 2.05) is 0 Å². The van der Waals surface area contributed by atoms with Gasteiger partial charge in [0, 0.05) is 19.0 Å². The van der Waals surface area contributed by atoms with Crippen molar-refractivity contribution in [1.29, 1.82) is 0 Å². The van der Waals surface area contributed by atoms with Gasteiger partial charge < -0.3 is 24.4 Å². The number of likely N-dealkylation sites (N-methyl/N-ethyl adjacent to an activating group) is 1. The van der Waals surface area contributed by atoms with E-state index in [9.17, 15) is 14.7 Å². The van der Waals surface area contributed by atoms with Crippen molar-refractivity contribution in [1.82, 2.24) is 4.90 Å². The second-order valence-corrected chi connectivity index (χ2v) is 8.84. The highest BCUT2D eigenvalue weighted by molar-refractivity contribution is 5.84. The number of aliphatic carboxylic acids is 2. The third-order valence-electron chi connectivity index (χ3n) is 4.90. The summed E-state index contributed by atoms with van der Waals surface area (Å²) in [6, 6.07) is 0.119. The molecule has 1 N–H and O–H groups in total. The second kappa shape index (κ2) is 15.2. The largest absolute Gasteiger partial charge is 0.544 e. The molecule has 1 heterocycles. The second-order valence-electron chi connectivity index (χ2n) is 8.84. The molecule has 0 radical (unpaired) electrons. The van der Waals surface area contributed by atoms with Gasteiger partial charge in [-0.05, 0) is 12.8 Å². The molecule has 1 aliphatic heterocycles. The van der Waals surface area contributed by atoms with Gasteiger partial charge in [0.15, 0.2) is 0 Å². The van der Waals surface area contributed by atoms with E-state index in [0.717, 1.165) is 31.8 Å². The third kappa shape index (κ3) is 14.9. The van der Waals surface area contributed by atoms with Crippen molar-refractivity contribution in [3.63, 3.8) is 0 Å². The predicted octanol–water partition coefficient (Wildman–Crippen LogP) is 2.54. The van der Waals surface area contributed by atoms with Crippen LogP contribution in [0.2, 0.25) is 0 Å². The summed E-state index contributed by atoms with van der Waals surface area (Å²) in [5.41, 5.74) is 0. The highest BCUT2D eigenvalue weighted by Gasteiger charge is 2.25. The van der Waals surface area contributed by atoms with Crippen LogP contribution < -0.4 is 5.11 Å². The van der Waals surface area contributed by atoms with Crippen molar-refractivity contribution in [2.24, 2.45) is 4.99 Å². The van der Waals surface area contributed by atoms with Crippen LogP contribution in [0.3, 0.4) is 0 Å². The summed E-state index contributed by atoms with van der Waals surface area (Å²) in [7, 11) is 5.40. The number of rotatable bonds is 14. The molecule has 0 amide bonds. The van der Waals surface area contributed by atoms with Gasteiger partial charge in [0.25, 0.3) is 0 Å². The summed E-state index contributed by atoms with van der Waals surface area (Å²) < 4.78 is 0.419. The summed E-state index contributed by atoms with van der Waals surface area (Å²) in [4.78, 5) is 27.7. The van der Waals surface area contributed by atoms with Crippen LogP contribution in [0.25, 0.3) is 0 Å². The highest BCUT2D eigenvalue weighted by Crippen LogP contribution is 2.18. The van der Waals surface area contributed by atoms with Crippen molar-refractivity contribution in [3.8, 4) is 0 Å². The molecule has 170 valence electrons. The van der Waals surface area contributed by atoms with E-state index in [4.69, 9.17) is 5.11 Å². The minimum absolute atomic E-state index is 0.0694. The van der Waals surface area contributed by atoms with Crippen molar-refractivity contribution in [2.75, 3.05) is 40.8 Å². The Morgan fingerprint density at radius 3 is 2.14 bits per heavy atom. The quantitative estimate of drug-likeness (QED) is 0.349. The van der Waals surface area contributed by atoms with Crippen LogP contribution in [-0.2, 0) is 9.59 Å². The lowest BCUT2D eigenvalue weighted by Crippen LogP contribution is -2.45. The molecule has 0 aromatic rings. The first-order valence-corrected chi connectivity index (χ1v) is 11.1. The summed E-state index contributed by atoms with van der Waals surface area (Å²) in [6.45, 7) is 6.12. The van der Waals surface area contributed by atoms with Crippen molar-refractivity contribution >= 4 is 17.8 Å². The fourth-order valence-electron chi connectivity index (χ4n) is 3.43. The Morgan fingerprint density at radius 2 is 1.69 bits per heavy atom. The van der Waals surface area contributed by atoms with Gasteiger partial charge in [-0.3, -0.25) is 9.79 Å². The van der Waals surface area contributed by atoms with Gasteiger partial charge in [0.1, 0.15) is 6.54 Å². The first-order chi connectivity index (χ1) is 13.6. The molecular formula is C22H43N3O4. The number of unbranched alkanes of at least 4 members (excludes halogenated alkanes) is 6. The number of carboxylic acid groups (broad SMARTS) is 2. The molecule has 0 aliphatic carbocycles. The van der Waals surface area contributed by atoms with E-state index in [1.54, 1.807) is 21.1 Å². The molecule has 0 fully saturated rings. The highest BCUT2D eigenvalue weighted by atomic mass is 16.4. The number of hydrogen-bond donors (Lipinski definition) is 1. The maximum absolute atomic E-state index is 11.0. The summed E-state index contributed by atoms with van der Waals surface area (Å²) in [5.74, 6) is -0.557. The lowest BCUT2D eigenvalue weighted by molar-refractivity contribution is -0.864. The van der Waals surface area contributed by atoms with Gasteiger partial charge >= 0.3 is 5.97 Å². The Balaban J connectivity index is 0.000000828. The Bertz CT molecular complexity index is 501. The van der Waals surface area contributed by atoms with Crippen LogP contribution in [0.4, 0.5) is 0 Å². The number of amidine groups is 1. The molecule has 0 bridgehead atoms. The molecule has 1 aliphatic rings. The third-order valence-corrected chi connectivity index (χ3v) is 4.90. The fourth-order valence-corrected chi connectivity index (χ4v) is 3.43. The first-order valence-electron chi connectivity index (χ1n) is 11.1. The molecule has 1 atom stereocenters. The lowest BCUT2D eigenvalue weighted by atomic mass is 10.1. The van der Waals surface area contributed by atoms with E-state index in [-0.39, 0.29) is 19.0 Å². The van der Waals surface area contributed by atoms with Gasteiger partial charge in [-0.15, -0.1) is 0 Å². The number of aliphatic imine (C=N–C) groups is 1. The molecule has 0 saturated carbocycles. The van der Waals surface area contributed by atoms with Crippen LogP contribution in [-0.4, -0.2) is 79.1 Å².